The predicted molar refractivity (Wildman–Crippen MR) is 74.4 cm³/mol. The molecule has 88 valence electrons. The van der Waals surface area contributed by atoms with Crippen LogP contribution in [0, 0.1) is 5.92 Å². The van der Waals surface area contributed by atoms with Gasteiger partial charge in [-0.3, -0.25) is 4.99 Å². The summed E-state index contributed by atoms with van der Waals surface area (Å²) in [6.07, 6.45) is 0. The zero-order chi connectivity index (χ0) is 11.5. The van der Waals surface area contributed by atoms with E-state index < -0.39 is 0 Å². The SMILES string of the molecule is CC1CN=C(NC(c2cccs2)C(C)C)S1. The fraction of sp³-hybridized carbons (Fsp3) is 0.583. The molecule has 1 aromatic heterocycles. The Morgan fingerprint density at radius 3 is 2.81 bits per heavy atom. The summed E-state index contributed by atoms with van der Waals surface area (Å²) in [5.74, 6) is 0.581. The van der Waals surface area contributed by atoms with Crippen molar-refractivity contribution in [1.29, 1.82) is 0 Å². The van der Waals surface area contributed by atoms with Crippen molar-refractivity contribution in [2.45, 2.75) is 32.1 Å². The molecular formula is C12H18N2S2. The Labute approximate surface area is 106 Å². The second-order valence-corrected chi connectivity index (χ2v) is 6.86. The Morgan fingerprint density at radius 1 is 1.50 bits per heavy atom. The zero-order valence-corrected chi connectivity index (χ0v) is 11.6. The third-order valence-corrected chi connectivity index (χ3v) is 4.58. The van der Waals surface area contributed by atoms with Crippen molar-refractivity contribution in [1.82, 2.24) is 5.32 Å². The van der Waals surface area contributed by atoms with Crippen LogP contribution in [-0.4, -0.2) is 17.0 Å². The van der Waals surface area contributed by atoms with Gasteiger partial charge in [-0.25, -0.2) is 0 Å². The Morgan fingerprint density at radius 2 is 2.31 bits per heavy atom. The maximum absolute atomic E-state index is 4.52. The van der Waals surface area contributed by atoms with E-state index in [1.54, 1.807) is 0 Å². The highest BCUT2D eigenvalue weighted by Crippen LogP contribution is 2.28. The minimum atomic E-state index is 0.400. The molecule has 1 aromatic rings. The van der Waals surface area contributed by atoms with Crippen molar-refractivity contribution in [3.63, 3.8) is 0 Å². The van der Waals surface area contributed by atoms with Crippen LogP contribution in [0.5, 0.6) is 0 Å². The molecule has 2 atom stereocenters. The van der Waals surface area contributed by atoms with E-state index in [0.717, 1.165) is 11.7 Å². The van der Waals surface area contributed by atoms with Gasteiger partial charge in [0.1, 0.15) is 0 Å². The number of rotatable bonds is 3. The Balaban J connectivity index is 2.04. The van der Waals surface area contributed by atoms with Gasteiger partial charge in [0.2, 0.25) is 0 Å². The normalized spacial score (nSPS) is 22.2. The molecule has 2 unspecified atom stereocenters. The van der Waals surface area contributed by atoms with Gasteiger partial charge in [0.05, 0.1) is 12.6 Å². The molecule has 0 saturated carbocycles. The topological polar surface area (TPSA) is 24.4 Å². The van der Waals surface area contributed by atoms with Gasteiger partial charge in [0, 0.05) is 10.1 Å². The molecule has 2 nitrogen and oxygen atoms in total. The average Bonchev–Trinajstić information content (AvgIpc) is 2.84. The smallest absolute Gasteiger partial charge is 0.157 e. The molecule has 0 aromatic carbocycles. The minimum Gasteiger partial charge on any atom is -0.357 e. The first-order valence-electron chi connectivity index (χ1n) is 5.68. The molecule has 1 aliphatic heterocycles. The molecule has 1 N–H and O–H groups in total. The Hall–Kier alpha value is -0.480. The van der Waals surface area contributed by atoms with Crippen molar-refractivity contribution >= 4 is 28.3 Å². The van der Waals surface area contributed by atoms with Crippen LogP contribution in [0.3, 0.4) is 0 Å². The van der Waals surface area contributed by atoms with Crippen molar-refractivity contribution in [2.24, 2.45) is 10.9 Å². The van der Waals surface area contributed by atoms with E-state index in [0.29, 0.717) is 17.2 Å². The molecule has 0 fully saturated rings. The summed E-state index contributed by atoms with van der Waals surface area (Å²) in [6.45, 7) is 7.67. The van der Waals surface area contributed by atoms with Gasteiger partial charge in [-0.15, -0.1) is 11.3 Å². The molecule has 0 spiro atoms. The lowest BCUT2D eigenvalue weighted by Gasteiger charge is -2.22. The molecule has 16 heavy (non-hydrogen) atoms. The summed E-state index contributed by atoms with van der Waals surface area (Å²) in [5, 5.41) is 7.44. The van der Waals surface area contributed by atoms with E-state index in [2.05, 4.69) is 48.6 Å². The van der Waals surface area contributed by atoms with Crippen LogP contribution in [0.25, 0.3) is 0 Å². The van der Waals surface area contributed by atoms with Crippen LogP contribution in [0.4, 0.5) is 0 Å². The fourth-order valence-electron chi connectivity index (χ4n) is 1.72. The first-order chi connectivity index (χ1) is 7.66. The van der Waals surface area contributed by atoms with Crippen molar-refractivity contribution < 1.29 is 0 Å². The Kier molecular flexibility index (Phi) is 3.92. The van der Waals surface area contributed by atoms with Gasteiger partial charge in [-0.05, 0) is 17.4 Å². The summed E-state index contributed by atoms with van der Waals surface area (Å²) >= 11 is 3.67. The van der Waals surface area contributed by atoms with Crippen molar-refractivity contribution in [3.8, 4) is 0 Å². The highest BCUT2D eigenvalue weighted by molar-refractivity contribution is 8.14. The minimum absolute atomic E-state index is 0.400. The van der Waals surface area contributed by atoms with Crippen LogP contribution >= 0.6 is 23.1 Å². The number of thioether (sulfide) groups is 1. The predicted octanol–water partition coefficient (Wildman–Crippen LogP) is 3.53. The molecule has 0 bridgehead atoms. The molecule has 0 radical (unpaired) electrons. The first-order valence-corrected chi connectivity index (χ1v) is 7.44. The number of thiophene rings is 1. The quantitative estimate of drug-likeness (QED) is 0.892. The number of amidine groups is 1. The number of aliphatic imine (C=N–C) groups is 1. The summed E-state index contributed by atoms with van der Waals surface area (Å²) in [4.78, 5) is 5.92. The van der Waals surface area contributed by atoms with Gasteiger partial charge >= 0.3 is 0 Å². The van der Waals surface area contributed by atoms with Gasteiger partial charge in [0.15, 0.2) is 5.17 Å². The van der Waals surface area contributed by atoms with Gasteiger partial charge in [0.25, 0.3) is 0 Å². The third-order valence-electron chi connectivity index (χ3n) is 2.60. The van der Waals surface area contributed by atoms with Gasteiger partial charge in [-0.1, -0.05) is 38.6 Å². The zero-order valence-electron chi connectivity index (χ0n) is 9.93. The van der Waals surface area contributed by atoms with Crippen LogP contribution in [0.1, 0.15) is 31.7 Å². The van der Waals surface area contributed by atoms with Gasteiger partial charge in [-0.2, -0.15) is 0 Å². The first kappa shape index (κ1) is 12.0. The standard InChI is InChI=1S/C12H18N2S2/c1-8(2)11(10-5-4-6-15-10)14-12-13-7-9(3)16-12/h4-6,8-9,11H,7H2,1-3H3,(H,13,14). The molecule has 0 amide bonds. The van der Waals surface area contributed by atoms with Gasteiger partial charge < -0.3 is 5.32 Å². The maximum Gasteiger partial charge on any atom is 0.157 e. The van der Waals surface area contributed by atoms with E-state index in [-0.39, 0.29) is 0 Å². The second kappa shape index (κ2) is 5.23. The molecule has 2 rings (SSSR count). The molecule has 2 heterocycles. The highest BCUT2D eigenvalue weighted by atomic mass is 32.2. The van der Waals surface area contributed by atoms with E-state index in [9.17, 15) is 0 Å². The monoisotopic (exact) mass is 254 g/mol. The Bertz CT molecular complexity index is 357. The average molecular weight is 254 g/mol. The number of nitrogens with zero attached hydrogens (tertiary/aromatic N) is 1. The highest BCUT2D eigenvalue weighted by Gasteiger charge is 2.22. The number of nitrogens with one attached hydrogen (secondary N) is 1. The van der Waals surface area contributed by atoms with Crippen molar-refractivity contribution in [2.75, 3.05) is 6.54 Å². The largest absolute Gasteiger partial charge is 0.357 e. The molecule has 0 aliphatic carbocycles. The summed E-state index contributed by atoms with van der Waals surface area (Å²) in [6, 6.07) is 4.71. The molecular weight excluding hydrogens is 236 g/mol. The lowest BCUT2D eigenvalue weighted by molar-refractivity contribution is 0.481. The lowest BCUT2D eigenvalue weighted by Crippen LogP contribution is -2.28. The van der Waals surface area contributed by atoms with E-state index in [1.165, 1.54) is 4.88 Å². The number of hydrogen-bond acceptors (Lipinski definition) is 4. The third kappa shape index (κ3) is 2.80. The van der Waals surface area contributed by atoms with E-state index in [1.807, 2.05) is 23.1 Å². The summed E-state index contributed by atoms with van der Waals surface area (Å²) < 4.78 is 0. The van der Waals surface area contributed by atoms with Crippen LogP contribution in [0.2, 0.25) is 0 Å². The molecule has 4 heteroatoms. The second-order valence-electron chi connectivity index (χ2n) is 4.46. The lowest BCUT2D eigenvalue weighted by atomic mass is 10.0. The van der Waals surface area contributed by atoms with Crippen LogP contribution in [-0.2, 0) is 0 Å². The summed E-state index contributed by atoms with van der Waals surface area (Å²) in [5.41, 5.74) is 0. The van der Waals surface area contributed by atoms with Crippen LogP contribution in [0.15, 0.2) is 22.5 Å². The molecule has 0 saturated heterocycles. The fourth-order valence-corrected chi connectivity index (χ4v) is 3.55. The van der Waals surface area contributed by atoms with Crippen molar-refractivity contribution in [3.05, 3.63) is 22.4 Å². The number of hydrogen-bond donors (Lipinski definition) is 1. The van der Waals surface area contributed by atoms with E-state index >= 15 is 0 Å². The maximum atomic E-state index is 4.52. The summed E-state index contributed by atoms with van der Waals surface area (Å²) in [7, 11) is 0. The molecule has 1 aliphatic rings. The van der Waals surface area contributed by atoms with Crippen LogP contribution < -0.4 is 5.32 Å². The van der Waals surface area contributed by atoms with E-state index in [4.69, 9.17) is 0 Å².